The number of likely N-dealkylation sites (tertiary alicyclic amines) is 1. The van der Waals surface area contributed by atoms with Crippen molar-refractivity contribution in [1.29, 1.82) is 0 Å². The average Bonchev–Trinajstić information content (AvgIpc) is 2.49. The number of aromatic nitrogens is 4. The first-order chi connectivity index (χ1) is 10.6. The first-order valence-electron chi connectivity index (χ1n) is 7.27. The van der Waals surface area contributed by atoms with Crippen LogP contribution in [0.2, 0.25) is 0 Å². The van der Waals surface area contributed by atoms with Gasteiger partial charge in [-0.1, -0.05) is 0 Å². The molecule has 2 aromatic heterocycles. The van der Waals surface area contributed by atoms with E-state index in [1.54, 1.807) is 30.1 Å². The van der Waals surface area contributed by atoms with Crippen molar-refractivity contribution in [3.05, 3.63) is 46.1 Å². The van der Waals surface area contributed by atoms with E-state index >= 15 is 0 Å². The summed E-state index contributed by atoms with van der Waals surface area (Å²) < 4.78 is 6.59. The van der Waals surface area contributed by atoms with Gasteiger partial charge in [0.05, 0.1) is 25.0 Å². The Balaban J connectivity index is 1.53. The van der Waals surface area contributed by atoms with Crippen LogP contribution in [0.4, 0.5) is 0 Å². The van der Waals surface area contributed by atoms with Crippen LogP contribution in [0, 0.1) is 12.8 Å². The van der Waals surface area contributed by atoms with Crippen LogP contribution in [0.3, 0.4) is 0 Å². The van der Waals surface area contributed by atoms with Gasteiger partial charge < -0.3 is 4.74 Å². The van der Waals surface area contributed by atoms with Crippen molar-refractivity contribution < 1.29 is 4.74 Å². The fourth-order valence-corrected chi connectivity index (χ4v) is 2.64. The Labute approximate surface area is 128 Å². The first kappa shape index (κ1) is 14.6. The molecule has 0 aliphatic carbocycles. The van der Waals surface area contributed by atoms with Crippen LogP contribution in [0.15, 0.2) is 29.2 Å². The molecule has 7 nitrogen and oxygen atoms in total. The third kappa shape index (κ3) is 3.30. The van der Waals surface area contributed by atoms with Crippen LogP contribution >= 0.6 is 0 Å². The summed E-state index contributed by atoms with van der Waals surface area (Å²) in [6.07, 6.45) is 1.70. The van der Waals surface area contributed by atoms with Crippen LogP contribution < -0.4 is 10.3 Å². The second kappa shape index (κ2) is 6.23. The molecule has 2 aromatic rings. The van der Waals surface area contributed by atoms with Crippen LogP contribution in [0.1, 0.15) is 11.4 Å². The van der Waals surface area contributed by atoms with Gasteiger partial charge in [0.15, 0.2) is 0 Å². The molecular formula is C15H19N5O2. The Morgan fingerprint density at radius 2 is 2.14 bits per heavy atom. The lowest BCUT2D eigenvalue weighted by molar-refractivity contribution is 0.0750. The number of nitrogens with zero attached hydrogens (tertiary/aromatic N) is 5. The minimum absolute atomic E-state index is 0.0374. The van der Waals surface area contributed by atoms with E-state index in [1.165, 1.54) is 0 Å². The zero-order valence-electron chi connectivity index (χ0n) is 12.8. The molecular weight excluding hydrogens is 282 g/mol. The fraction of sp³-hybridized carbons (Fsp3) is 0.467. The lowest BCUT2D eigenvalue weighted by Gasteiger charge is -2.39. The van der Waals surface area contributed by atoms with E-state index in [-0.39, 0.29) is 5.56 Å². The summed E-state index contributed by atoms with van der Waals surface area (Å²) >= 11 is 0. The molecule has 0 bridgehead atoms. The summed E-state index contributed by atoms with van der Waals surface area (Å²) in [5.41, 5.74) is 1.77. The molecule has 0 radical (unpaired) electrons. The highest BCUT2D eigenvalue weighted by atomic mass is 16.5. The second-order valence-corrected chi connectivity index (χ2v) is 5.59. The standard InChI is InChI=1S/C15H19N5O2/c1-11-3-4-14(21)20(18-11)9-12-7-19(8-12)10-13-5-6-16-15(17-13)22-2/h3-6,12H,7-10H2,1-2H3. The molecule has 0 aromatic carbocycles. The van der Waals surface area contributed by atoms with Gasteiger partial charge in [-0.15, -0.1) is 0 Å². The van der Waals surface area contributed by atoms with Crippen molar-refractivity contribution in [2.75, 3.05) is 20.2 Å². The van der Waals surface area contributed by atoms with Gasteiger partial charge in [0.2, 0.25) is 0 Å². The molecule has 7 heteroatoms. The molecule has 1 aliphatic heterocycles. The topological polar surface area (TPSA) is 73.1 Å². The van der Waals surface area contributed by atoms with Gasteiger partial charge in [0.1, 0.15) is 0 Å². The van der Waals surface area contributed by atoms with Gasteiger partial charge in [-0.2, -0.15) is 10.1 Å². The minimum Gasteiger partial charge on any atom is -0.467 e. The Morgan fingerprint density at radius 1 is 1.32 bits per heavy atom. The van der Waals surface area contributed by atoms with E-state index < -0.39 is 0 Å². The molecule has 116 valence electrons. The monoisotopic (exact) mass is 301 g/mol. The van der Waals surface area contributed by atoms with E-state index in [2.05, 4.69) is 20.0 Å². The number of hydrogen-bond acceptors (Lipinski definition) is 6. The summed E-state index contributed by atoms with van der Waals surface area (Å²) in [7, 11) is 1.56. The second-order valence-electron chi connectivity index (χ2n) is 5.59. The molecule has 1 saturated heterocycles. The molecule has 0 unspecified atom stereocenters. The van der Waals surface area contributed by atoms with E-state index in [1.807, 2.05) is 13.0 Å². The molecule has 0 spiro atoms. The predicted octanol–water partition coefficient (Wildman–Crippen LogP) is 0.482. The van der Waals surface area contributed by atoms with Crippen molar-refractivity contribution in [3.63, 3.8) is 0 Å². The van der Waals surface area contributed by atoms with Crippen molar-refractivity contribution in [2.24, 2.45) is 5.92 Å². The van der Waals surface area contributed by atoms with E-state index in [4.69, 9.17) is 4.74 Å². The third-order valence-corrected chi connectivity index (χ3v) is 3.72. The number of ether oxygens (including phenoxy) is 1. The molecule has 0 atom stereocenters. The van der Waals surface area contributed by atoms with Gasteiger partial charge in [-0.3, -0.25) is 9.69 Å². The average molecular weight is 301 g/mol. The van der Waals surface area contributed by atoms with E-state index in [9.17, 15) is 4.79 Å². The zero-order chi connectivity index (χ0) is 15.5. The maximum absolute atomic E-state index is 11.7. The number of hydrogen-bond donors (Lipinski definition) is 0. The van der Waals surface area contributed by atoms with Crippen LogP contribution in [-0.4, -0.2) is 44.8 Å². The summed E-state index contributed by atoms with van der Waals surface area (Å²) in [6.45, 7) is 5.21. The summed E-state index contributed by atoms with van der Waals surface area (Å²) in [5, 5.41) is 4.27. The maximum Gasteiger partial charge on any atom is 0.316 e. The number of aryl methyl sites for hydroxylation is 1. The highest BCUT2D eigenvalue weighted by Gasteiger charge is 2.27. The maximum atomic E-state index is 11.7. The SMILES string of the molecule is COc1nccc(CN2CC(Cn3nc(C)ccc3=O)C2)n1. The fourth-order valence-electron chi connectivity index (χ4n) is 2.64. The lowest BCUT2D eigenvalue weighted by Crippen LogP contribution is -2.49. The molecule has 0 amide bonds. The molecule has 3 heterocycles. The van der Waals surface area contributed by atoms with E-state index in [0.717, 1.165) is 31.0 Å². The van der Waals surface area contributed by atoms with Crippen molar-refractivity contribution in [3.8, 4) is 6.01 Å². The van der Waals surface area contributed by atoms with Crippen molar-refractivity contribution in [2.45, 2.75) is 20.0 Å². The Morgan fingerprint density at radius 3 is 2.91 bits per heavy atom. The van der Waals surface area contributed by atoms with Crippen molar-refractivity contribution >= 4 is 0 Å². The minimum atomic E-state index is -0.0374. The Hall–Kier alpha value is -2.28. The van der Waals surface area contributed by atoms with Crippen LogP contribution in [0.25, 0.3) is 0 Å². The largest absolute Gasteiger partial charge is 0.467 e. The molecule has 0 N–H and O–H groups in total. The van der Waals surface area contributed by atoms with Crippen LogP contribution in [0.5, 0.6) is 6.01 Å². The zero-order valence-corrected chi connectivity index (χ0v) is 12.8. The van der Waals surface area contributed by atoms with Crippen LogP contribution in [-0.2, 0) is 13.1 Å². The lowest BCUT2D eigenvalue weighted by atomic mass is 10.00. The van der Waals surface area contributed by atoms with Crippen molar-refractivity contribution in [1.82, 2.24) is 24.6 Å². The molecule has 22 heavy (non-hydrogen) atoms. The predicted molar refractivity (Wildman–Crippen MR) is 80.6 cm³/mol. The summed E-state index contributed by atoms with van der Waals surface area (Å²) in [4.78, 5) is 22.3. The smallest absolute Gasteiger partial charge is 0.316 e. The Kier molecular flexibility index (Phi) is 4.15. The van der Waals surface area contributed by atoms with Gasteiger partial charge in [0, 0.05) is 37.8 Å². The highest BCUT2D eigenvalue weighted by molar-refractivity contribution is 5.06. The molecule has 1 aliphatic rings. The normalized spacial score (nSPS) is 15.5. The van der Waals surface area contributed by atoms with Gasteiger partial charge in [-0.05, 0) is 19.1 Å². The number of methoxy groups -OCH3 is 1. The summed E-state index contributed by atoms with van der Waals surface area (Å²) in [6, 6.07) is 5.60. The highest BCUT2D eigenvalue weighted by Crippen LogP contribution is 2.19. The van der Waals surface area contributed by atoms with Gasteiger partial charge >= 0.3 is 6.01 Å². The summed E-state index contributed by atoms with van der Waals surface area (Å²) in [5.74, 6) is 0.454. The molecule has 0 saturated carbocycles. The van der Waals surface area contributed by atoms with E-state index in [0.29, 0.717) is 18.5 Å². The van der Waals surface area contributed by atoms with Gasteiger partial charge in [-0.25, -0.2) is 9.67 Å². The first-order valence-corrected chi connectivity index (χ1v) is 7.27. The molecule has 1 fully saturated rings. The number of rotatable bonds is 5. The third-order valence-electron chi connectivity index (χ3n) is 3.72. The quantitative estimate of drug-likeness (QED) is 0.800. The Bertz CT molecular complexity index is 709. The van der Waals surface area contributed by atoms with Gasteiger partial charge in [0.25, 0.3) is 5.56 Å². The molecule has 3 rings (SSSR count).